The fourth-order valence-electron chi connectivity index (χ4n) is 1.76. The molecule has 3 nitrogen and oxygen atoms in total. The van der Waals surface area contributed by atoms with Crippen LogP contribution in [0.4, 0.5) is 0 Å². The summed E-state index contributed by atoms with van der Waals surface area (Å²) in [5.41, 5.74) is 3.42. The number of aromatic nitrogens is 1. The standard InChI is InChI=1S/C15H18N2OS2/c1-11-6-4-5-7-13(11)8-17(3)14(18)10-20-15-16-12(2)9-19-15/h4-7,9H,8,10H2,1-3H3. The lowest BCUT2D eigenvalue weighted by atomic mass is 10.1. The second-order valence-corrected chi connectivity index (χ2v) is 6.80. The Morgan fingerprint density at radius 1 is 1.35 bits per heavy atom. The highest BCUT2D eigenvalue weighted by Crippen LogP contribution is 2.22. The number of carbonyl (C=O) groups excluding carboxylic acids is 1. The number of carbonyl (C=O) groups is 1. The molecule has 0 spiro atoms. The Bertz CT molecular complexity index is 595. The van der Waals surface area contributed by atoms with E-state index < -0.39 is 0 Å². The van der Waals surface area contributed by atoms with Gasteiger partial charge < -0.3 is 4.90 Å². The van der Waals surface area contributed by atoms with Crippen LogP contribution in [0.15, 0.2) is 34.0 Å². The van der Waals surface area contributed by atoms with E-state index in [2.05, 4.69) is 24.0 Å². The Hall–Kier alpha value is -1.33. The van der Waals surface area contributed by atoms with Crippen molar-refractivity contribution in [1.29, 1.82) is 0 Å². The third-order valence-corrected chi connectivity index (χ3v) is 5.14. The van der Waals surface area contributed by atoms with E-state index in [9.17, 15) is 4.79 Å². The molecule has 1 amide bonds. The van der Waals surface area contributed by atoms with Gasteiger partial charge in [-0.05, 0) is 25.0 Å². The third kappa shape index (κ3) is 4.08. The van der Waals surface area contributed by atoms with Crippen LogP contribution in [0, 0.1) is 13.8 Å². The number of thiazole rings is 1. The van der Waals surface area contributed by atoms with Crippen LogP contribution in [0.3, 0.4) is 0 Å². The van der Waals surface area contributed by atoms with Gasteiger partial charge in [-0.25, -0.2) is 4.98 Å². The van der Waals surface area contributed by atoms with Gasteiger partial charge >= 0.3 is 0 Å². The van der Waals surface area contributed by atoms with Crippen LogP contribution in [-0.2, 0) is 11.3 Å². The molecule has 1 aromatic carbocycles. The van der Waals surface area contributed by atoms with Crippen molar-refractivity contribution in [2.75, 3.05) is 12.8 Å². The normalized spacial score (nSPS) is 10.6. The number of benzene rings is 1. The van der Waals surface area contributed by atoms with Crippen molar-refractivity contribution in [2.24, 2.45) is 0 Å². The maximum Gasteiger partial charge on any atom is 0.233 e. The number of hydrogen-bond acceptors (Lipinski definition) is 4. The quantitative estimate of drug-likeness (QED) is 0.793. The molecule has 2 aromatic rings. The van der Waals surface area contributed by atoms with Crippen LogP contribution in [0.2, 0.25) is 0 Å². The molecule has 0 fully saturated rings. The fourth-order valence-corrected chi connectivity index (χ4v) is 3.55. The van der Waals surface area contributed by atoms with Crippen molar-refractivity contribution < 1.29 is 4.79 Å². The molecule has 0 aliphatic carbocycles. The molecule has 1 heterocycles. The highest BCUT2D eigenvalue weighted by molar-refractivity contribution is 8.01. The zero-order valence-electron chi connectivity index (χ0n) is 11.9. The van der Waals surface area contributed by atoms with Crippen molar-refractivity contribution in [1.82, 2.24) is 9.88 Å². The average Bonchev–Trinajstić information content (AvgIpc) is 2.84. The first-order chi connectivity index (χ1) is 9.56. The number of aryl methyl sites for hydroxylation is 2. The van der Waals surface area contributed by atoms with Gasteiger partial charge in [-0.2, -0.15) is 0 Å². The second-order valence-electron chi connectivity index (χ2n) is 4.72. The molecule has 5 heteroatoms. The van der Waals surface area contributed by atoms with Gasteiger partial charge in [-0.3, -0.25) is 4.79 Å². The molecule has 0 saturated carbocycles. The van der Waals surface area contributed by atoms with Gasteiger partial charge in [0.25, 0.3) is 0 Å². The summed E-state index contributed by atoms with van der Waals surface area (Å²) in [6.45, 7) is 4.69. The van der Waals surface area contributed by atoms with Gasteiger partial charge in [0.15, 0.2) is 4.34 Å². The van der Waals surface area contributed by atoms with Crippen molar-refractivity contribution >= 4 is 29.0 Å². The van der Waals surface area contributed by atoms with Crippen LogP contribution in [-0.4, -0.2) is 28.6 Å². The molecule has 0 unspecified atom stereocenters. The summed E-state index contributed by atoms with van der Waals surface area (Å²) >= 11 is 3.10. The minimum Gasteiger partial charge on any atom is -0.341 e. The summed E-state index contributed by atoms with van der Waals surface area (Å²) < 4.78 is 0.958. The zero-order valence-corrected chi connectivity index (χ0v) is 13.6. The first kappa shape index (κ1) is 15.1. The molecule has 106 valence electrons. The van der Waals surface area contributed by atoms with Crippen molar-refractivity contribution in [3.8, 4) is 0 Å². The molecule has 0 aliphatic heterocycles. The number of thioether (sulfide) groups is 1. The number of rotatable bonds is 5. The van der Waals surface area contributed by atoms with E-state index >= 15 is 0 Å². The van der Waals surface area contributed by atoms with E-state index in [-0.39, 0.29) is 5.91 Å². The lowest BCUT2D eigenvalue weighted by Crippen LogP contribution is -2.28. The summed E-state index contributed by atoms with van der Waals surface area (Å²) in [6, 6.07) is 8.16. The van der Waals surface area contributed by atoms with E-state index in [4.69, 9.17) is 0 Å². The lowest BCUT2D eigenvalue weighted by molar-refractivity contribution is -0.127. The Morgan fingerprint density at radius 3 is 2.75 bits per heavy atom. The third-order valence-electron chi connectivity index (χ3n) is 3.01. The minimum absolute atomic E-state index is 0.131. The van der Waals surface area contributed by atoms with Gasteiger partial charge in [0, 0.05) is 24.7 Å². The van der Waals surface area contributed by atoms with Crippen molar-refractivity contribution in [2.45, 2.75) is 24.7 Å². The molecule has 0 N–H and O–H groups in total. The molecule has 0 saturated heterocycles. The maximum atomic E-state index is 12.1. The zero-order chi connectivity index (χ0) is 14.5. The van der Waals surface area contributed by atoms with Crippen LogP contribution in [0.1, 0.15) is 16.8 Å². The summed E-state index contributed by atoms with van der Waals surface area (Å²) in [4.78, 5) is 18.2. The lowest BCUT2D eigenvalue weighted by Gasteiger charge is -2.18. The minimum atomic E-state index is 0.131. The maximum absolute atomic E-state index is 12.1. The summed E-state index contributed by atoms with van der Waals surface area (Å²) in [5.74, 6) is 0.570. The molecule has 0 aliphatic rings. The number of nitrogens with zero attached hydrogens (tertiary/aromatic N) is 2. The Kier molecular flexibility index (Phi) is 5.20. The van der Waals surface area contributed by atoms with Gasteiger partial charge in [-0.15, -0.1) is 11.3 Å². The molecule has 0 radical (unpaired) electrons. The largest absolute Gasteiger partial charge is 0.341 e. The van der Waals surface area contributed by atoms with Gasteiger partial charge in [0.1, 0.15) is 0 Å². The van der Waals surface area contributed by atoms with Crippen molar-refractivity contribution in [3.05, 3.63) is 46.5 Å². The topological polar surface area (TPSA) is 33.2 Å². The number of hydrogen-bond donors (Lipinski definition) is 0. The molecule has 0 bridgehead atoms. The Balaban J connectivity index is 1.87. The molecular weight excluding hydrogens is 288 g/mol. The SMILES string of the molecule is Cc1csc(SCC(=O)N(C)Cc2ccccc2C)n1. The molecule has 20 heavy (non-hydrogen) atoms. The molecule has 1 aromatic heterocycles. The van der Waals surface area contributed by atoms with Gasteiger partial charge in [0.05, 0.1) is 5.75 Å². The van der Waals surface area contributed by atoms with E-state index in [0.717, 1.165) is 10.0 Å². The fraction of sp³-hybridized carbons (Fsp3) is 0.333. The smallest absolute Gasteiger partial charge is 0.233 e. The van der Waals surface area contributed by atoms with Gasteiger partial charge in [-0.1, -0.05) is 36.0 Å². The monoisotopic (exact) mass is 306 g/mol. The average molecular weight is 306 g/mol. The summed E-state index contributed by atoms with van der Waals surface area (Å²) in [7, 11) is 1.85. The highest BCUT2D eigenvalue weighted by atomic mass is 32.2. The summed E-state index contributed by atoms with van der Waals surface area (Å²) in [6.07, 6.45) is 0. The Labute approximate surface area is 128 Å². The Morgan fingerprint density at radius 2 is 2.10 bits per heavy atom. The molecule has 2 rings (SSSR count). The summed E-state index contributed by atoms with van der Waals surface area (Å²) in [5, 5.41) is 2.00. The van der Waals surface area contributed by atoms with E-state index in [0.29, 0.717) is 12.3 Å². The van der Waals surface area contributed by atoms with Crippen LogP contribution in [0.5, 0.6) is 0 Å². The van der Waals surface area contributed by atoms with Crippen molar-refractivity contribution in [3.63, 3.8) is 0 Å². The van der Waals surface area contributed by atoms with E-state index in [1.807, 2.05) is 31.5 Å². The predicted molar refractivity (Wildman–Crippen MR) is 85.2 cm³/mol. The van der Waals surface area contributed by atoms with Crippen LogP contribution >= 0.6 is 23.1 Å². The molecule has 0 atom stereocenters. The molecular formula is C15H18N2OS2. The van der Waals surface area contributed by atoms with E-state index in [1.165, 1.54) is 22.9 Å². The number of amides is 1. The van der Waals surface area contributed by atoms with E-state index in [1.54, 1.807) is 16.2 Å². The second kappa shape index (κ2) is 6.90. The van der Waals surface area contributed by atoms with Crippen LogP contribution in [0.25, 0.3) is 0 Å². The first-order valence-corrected chi connectivity index (χ1v) is 8.26. The highest BCUT2D eigenvalue weighted by Gasteiger charge is 2.12. The van der Waals surface area contributed by atoms with Crippen LogP contribution < -0.4 is 0 Å². The first-order valence-electron chi connectivity index (χ1n) is 6.39. The van der Waals surface area contributed by atoms with Gasteiger partial charge in [0.2, 0.25) is 5.91 Å². The predicted octanol–water partition coefficient (Wildman–Crippen LogP) is 3.51.